The van der Waals surface area contributed by atoms with Crippen molar-refractivity contribution in [3.05, 3.63) is 85.1 Å². The van der Waals surface area contributed by atoms with Crippen LogP contribution < -0.4 is 10.2 Å². The number of carbonyl (C=O) groups excluding carboxylic acids is 2. The second-order valence-electron chi connectivity index (χ2n) is 26.4. The molecule has 9 nitrogen and oxygen atoms in total. The van der Waals surface area contributed by atoms with E-state index in [1.165, 1.54) is 218 Å². The van der Waals surface area contributed by atoms with Crippen molar-refractivity contribution in [2.75, 3.05) is 40.9 Å². The van der Waals surface area contributed by atoms with Crippen LogP contribution in [0, 0.1) is 0 Å². The summed E-state index contributed by atoms with van der Waals surface area (Å²) in [5, 5.41) is 3.05. The Morgan fingerprint density at radius 3 is 1.06 bits per heavy atom. The van der Waals surface area contributed by atoms with E-state index in [-0.39, 0.29) is 24.9 Å². The van der Waals surface area contributed by atoms with Gasteiger partial charge in [-0.3, -0.25) is 14.2 Å². The molecule has 0 aromatic rings. The summed E-state index contributed by atoms with van der Waals surface area (Å²) in [4.78, 5) is 40.3. The summed E-state index contributed by atoms with van der Waals surface area (Å²) < 4.78 is 30.5. The first-order valence-electron chi connectivity index (χ1n) is 37.4. The fourth-order valence-electron chi connectivity index (χ4n) is 10.8. The number of hydrogen-bond donors (Lipinski definition) is 1. The maximum absolute atomic E-state index is 13.6. The molecular formula is C78H143N2O7P. The lowest BCUT2D eigenvalue weighted by molar-refractivity contribution is -0.870. The maximum atomic E-state index is 13.6. The van der Waals surface area contributed by atoms with Crippen LogP contribution in [0.1, 0.15) is 348 Å². The Kier molecular flexibility index (Phi) is 64.9. The molecule has 0 spiro atoms. The molecular weight excluding hydrogens is 1110 g/mol. The van der Waals surface area contributed by atoms with Crippen molar-refractivity contribution < 1.29 is 37.3 Å². The van der Waals surface area contributed by atoms with Gasteiger partial charge < -0.3 is 28.5 Å². The molecule has 0 bridgehead atoms. The molecule has 1 amide bonds. The highest BCUT2D eigenvalue weighted by molar-refractivity contribution is 7.45. The molecule has 1 N–H and O–H groups in total. The van der Waals surface area contributed by atoms with E-state index in [1.54, 1.807) is 0 Å². The topological polar surface area (TPSA) is 114 Å². The lowest BCUT2D eigenvalue weighted by atomic mass is 10.0. The highest BCUT2D eigenvalue weighted by atomic mass is 31.2. The summed E-state index contributed by atoms with van der Waals surface area (Å²) in [7, 11) is 1.18. The molecule has 0 rings (SSSR count). The second kappa shape index (κ2) is 67.1. The number of ether oxygens (including phenoxy) is 1. The molecule has 0 aliphatic carbocycles. The monoisotopic (exact) mass is 1250 g/mol. The van der Waals surface area contributed by atoms with Crippen LogP contribution in [0.25, 0.3) is 0 Å². The predicted molar refractivity (Wildman–Crippen MR) is 381 cm³/mol. The van der Waals surface area contributed by atoms with Crippen LogP contribution >= 0.6 is 7.82 Å². The van der Waals surface area contributed by atoms with Crippen LogP contribution in [0.15, 0.2) is 85.1 Å². The Morgan fingerprint density at radius 1 is 0.398 bits per heavy atom. The largest absolute Gasteiger partial charge is 0.756 e. The van der Waals surface area contributed by atoms with E-state index in [9.17, 15) is 19.0 Å². The average molecular weight is 1250 g/mol. The molecule has 0 aromatic heterocycles. The highest BCUT2D eigenvalue weighted by Gasteiger charge is 2.27. The Labute approximate surface area is 546 Å². The van der Waals surface area contributed by atoms with Crippen LogP contribution in [0.2, 0.25) is 0 Å². The van der Waals surface area contributed by atoms with Crippen LogP contribution in [0.5, 0.6) is 0 Å². The number of hydrogen-bond acceptors (Lipinski definition) is 7. The number of rotatable bonds is 68. The number of carbonyl (C=O) groups is 2. The van der Waals surface area contributed by atoms with Crippen molar-refractivity contribution in [3.63, 3.8) is 0 Å². The lowest BCUT2D eigenvalue weighted by Crippen LogP contribution is -2.47. The van der Waals surface area contributed by atoms with Crippen LogP contribution in [-0.4, -0.2) is 69.4 Å². The fourth-order valence-corrected chi connectivity index (χ4v) is 11.5. The SMILES string of the molecule is CCCCC/C=C\C/C=C\C/C=C\C/C=C\CCCCCCCCCCCC(=O)OC(/C=C/CCCCCCCCCCCC)C(COP(=O)([O-])OCC[N+](C)(C)C)NC(=O)CCCCCCCCCCCCCCCCC/C=C\C/C=C\CCCCC. The van der Waals surface area contributed by atoms with E-state index in [1.807, 2.05) is 33.3 Å². The third-order valence-electron chi connectivity index (χ3n) is 16.5. The smallest absolute Gasteiger partial charge is 0.306 e. The van der Waals surface area contributed by atoms with Gasteiger partial charge in [-0.05, 0) is 109 Å². The normalized spacial score (nSPS) is 13.9. The van der Waals surface area contributed by atoms with Crippen molar-refractivity contribution in [2.24, 2.45) is 0 Å². The summed E-state index contributed by atoms with van der Waals surface area (Å²) in [6.07, 6.45) is 89.9. The van der Waals surface area contributed by atoms with Crippen LogP contribution in [-0.2, 0) is 27.9 Å². The van der Waals surface area contributed by atoms with E-state index in [2.05, 4.69) is 99.0 Å². The zero-order valence-corrected chi connectivity index (χ0v) is 59.6. The first-order valence-corrected chi connectivity index (χ1v) is 38.9. The van der Waals surface area contributed by atoms with Gasteiger partial charge in [-0.15, -0.1) is 0 Å². The number of amides is 1. The number of nitrogens with zero attached hydrogens (tertiary/aromatic N) is 1. The number of phosphoric acid groups is 1. The number of likely N-dealkylation sites (N-methyl/N-ethyl adjacent to an activating group) is 1. The highest BCUT2D eigenvalue weighted by Crippen LogP contribution is 2.38. The predicted octanol–water partition coefficient (Wildman–Crippen LogP) is 23.4. The van der Waals surface area contributed by atoms with Crippen molar-refractivity contribution in [1.82, 2.24) is 5.32 Å². The first kappa shape index (κ1) is 85.2. The molecule has 0 fully saturated rings. The minimum absolute atomic E-state index is 0.0250. The summed E-state index contributed by atoms with van der Waals surface area (Å²) in [6, 6.07) is -0.895. The molecule has 0 aliphatic heterocycles. The number of allylic oxidation sites excluding steroid dienone is 13. The van der Waals surface area contributed by atoms with Crippen LogP contribution in [0.4, 0.5) is 0 Å². The summed E-state index contributed by atoms with van der Waals surface area (Å²) >= 11 is 0. The quantitative estimate of drug-likeness (QED) is 0.0212. The van der Waals surface area contributed by atoms with Gasteiger partial charge in [0, 0.05) is 12.8 Å². The van der Waals surface area contributed by atoms with Crippen molar-refractivity contribution in [2.45, 2.75) is 360 Å². The zero-order valence-electron chi connectivity index (χ0n) is 58.7. The van der Waals surface area contributed by atoms with Gasteiger partial charge in [-0.1, -0.05) is 312 Å². The van der Waals surface area contributed by atoms with Gasteiger partial charge in [0.25, 0.3) is 7.82 Å². The summed E-state index contributed by atoms with van der Waals surface area (Å²) in [6.45, 7) is 6.82. The molecule has 0 heterocycles. The first-order chi connectivity index (χ1) is 42.9. The Bertz CT molecular complexity index is 1780. The minimum Gasteiger partial charge on any atom is -0.756 e. The number of phosphoric ester groups is 1. The van der Waals surface area contributed by atoms with Crippen molar-refractivity contribution >= 4 is 19.7 Å². The van der Waals surface area contributed by atoms with Gasteiger partial charge in [-0.25, -0.2) is 0 Å². The molecule has 0 radical (unpaired) electrons. The Morgan fingerprint density at radius 2 is 0.693 bits per heavy atom. The molecule has 3 atom stereocenters. The van der Waals surface area contributed by atoms with Crippen LogP contribution in [0.3, 0.4) is 0 Å². The minimum atomic E-state index is -4.71. The molecule has 88 heavy (non-hydrogen) atoms. The van der Waals surface area contributed by atoms with E-state index in [0.29, 0.717) is 17.4 Å². The van der Waals surface area contributed by atoms with Gasteiger partial charge in [-0.2, -0.15) is 0 Å². The maximum Gasteiger partial charge on any atom is 0.306 e. The molecule has 3 unspecified atom stereocenters. The molecule has 0 saturated heterocycles. The van der Waals surface area contributed by atoms with Gasteiger partial charge >= 0.3 is 5.97 Å². The van der Waals surface area contributed by atoms with E-state index < -0.39 is 26.6 Å². The lowest BCUT2D eigenvalue weighted by Gasteiger charge is -2.30. The number of quaternary nitrogens is 1. The third-order valence-corrected chi connectivity index (χ3v) is 17.5. The molecule has 10 heteroatoms. The molecule has 0 aromatic carbocycles. The fraction of sp³-hybridized carbons (Fsp3) is 0.795. The van der Waals surface area contributed by atoms with Gasteiger partial charge in [0.05, 0.1) is 33.8 Å². The van der Waals surface area contributed by atoms with E-state index in [4.69, 9.17) is 13.8 Å². The van der Waals surface area contributed by atoms with Crippen molar-refractivity contribution in [1.29, 1.82) is 0 Å². The third kappa shape index (κ3) is 67.6. The second-order valence-corrected chi connectivity index (χ2v) is 27.9. The number of nitrogens with one attached hydrogen (secondary N) is 1. The average Bonchev–Trinajstić information content (AvgIpc) is 3.52. The van der Waals surface area contributed by atoms with Gasteiger partial charge in [0.2, 0.25) is 5.91 Å². The van der Waals surface area contributed by atoms with Gasteiger partial charge in [0.15, 0.2) is 0 Å². The number of esters is 1. The standard InChI is InChI=1S/C78H143N2O7P/c1-7-10-13-16-19-22-25-28-30-32-34-36-38-40-42-44-46-48-50-52-55-58-61-64-67-70-77(81)79-75(74-86-88(83,84)85-73-72-80(4,5)6)76(69-66-63-60-57-54-27-24-21-18-15-12-9-3)87-78(82)71-68-65-62-59-56-53-51-49-47-45-43-41-39-37-35-33-31-29-26-23-20-17-14-11-8-2/h19-20,22-23,28-31,35,37,41,43,66,69,75-76H,7-18,21,24-27,32-34,36,38-40,42,44-65,67-68,70-74H2,1-6H3,(H-,79,81,83,84)/b22-19-,23-20-,30-28-,31-29-,37-35-,43-41-,69-66+. The van der Waals surface area contributed by atoms with E-state index >= 15 is 0 Å². The molecule has 0 aliphatic rings. The Hall–Kier alpha value is -2.81. The van der Waals surface area contributed by atoms with Crippen molar-refractivity contribution in [3.8, 4) is 0 Å². The van der Waals surface area contributed by atoms with Gasteiger partial charge in [0.1, 0.15) is 19.3 Å². The van der Waals surface area contributed by atoms with E-state index in [0.717, 1.165) is 96.3 Å². The number of unbranched alkanes of at least 4 members (excludes halogenated alkanes) is 40. The summed E-state index contributed by atoms with van der Waals surface area (Å²) in [5.74, 6) is -0.538. The summed E-state index contributed by atoms with van der Waals surface area (Å²) in [5.41, 5.74) is 0. The zero-order chi connectivity index (χ0) is 64.2. The molecule has 0 saturated carbocycles. The Balaban J connectivity index is 5.02. The molecule has 512 valence electrons.